The quantitative estimate of drug-likeness (QED) is 0.443. The molecule has 3 rings (SSSR count). The van der Waals surface area contributed by atoms with E-state index in [-0.39, 0.29) is 11.6 Å². The summed E-state index contributed by atoms with van der Waals surface area (Å²) >= 11 is 15.6. The number of ether oxygens (including phenoxy) is 4. The Balaban J connectivity index is 2.11. The van der Waals surface area contributed by atoms with Gasteiger partial charge in [-0.3, -0.25) is 19.0 Å². The Hall–Kier alpha value is -1.88. The number of esters is 3. The fraction of sp³-hybridized carbons (Fsp3) is 0.444. The molecule has 162 valence electrons. The number of rotatable bonds is 4. The molecule has 2 heterocycles. The van der Waals surface area contributed by atoms with Gasteiger partial charge in [0.2, 0.25) is 0 Å². The van der Waals surface area contributed by atoms with Crippen molar-refractivity contribution < 1.29 is 33.3 Å². The van der Waals surface area contributed by atoms with Crippen LogP contribution in [-0.2, 0) is 33.3 Å². The molecule has 0 saturated carbocycles. The van der Waals surface area contributed by atoms with Crippen LogP contribution in [0.5, 0.6) is 0 Å². The average Bonchev–Trinajstić information content (AvgIpc) is 2.92. The lowest BCUT2D eigenvalue weighted by molar-refractivity contribution is -0.239. The topological polar surface area (TPSA) is 106 Å². The van der Waals surface area contributed by atoms with Gasteiger partial charge in [-0.1, -0.05) is 23.2 Å². The highest BCUT2D eigenvalue weighted by atomic mass is 79.9. The van der Waals surface area contributed by atoms with E-state index in [1.807, 2.05) is 0 Å². The van der Waals surface area contributed by atoms with E-state index in [0.29, 0.717) is 20.8 Å². The molecular formula is C18H17BrCl2N2O7. The summed E-state index contributed by atoms with van der Waals surface area (Å²) in [6.45, 7) is 3.50. The largest absolute Gasteiger partial charge is 0.456 e. The molecule has 0 unspecified atom stereocenters. The van der Waals surface area contributed by atoms with Gasteiger partial charge in [-0.25, -0.2) is 4.98 Å². The number of nitrogens with zero attached hydrogens (tertiary/aromatic N) is 2. The molecular weight excluding hydrogens is 507 g/mol. The van der Waals surface area contributed by atoms with Crippen molar-refractivity contribution in [2.24, 2.45) is 0 Å². The van der Waals surface area contributed by atoms with E-state index in [4.69, 9.17) is 42.1 Å². The van der Waals surface area contributed by atoms with Gasteiger partial charge in [0.1, 0.15) is 0 Å². The van der Waals surface area contributed by atoms with Crippen molar-refractivity contribution in [1.29, 1.82) is 0 Å². The Labute approximate surface area is 189 Å². The molecule has 1 aliphatic heterocycles. The first kappa shape index (κ1) is 22.8. The molecule has 1 saturated heterocycles. The summed E-state index contributed by atoms with van der Waals surface area (Å²) < 4.78 is 23.9. The van der Waals surface area contributed by atoms with Gasteiger partial charge in [-0.2, -0.15) is 0 Å². The number of halogens is 3. The molecule has 9 nitrogen and oxygen atoms in total. The summed E-state index contributed by atoms with van der Waals surface area (Å²) in [4.78, 5) is 39.4. The van der Waals surface area contributed by atoms with Gasteiger partial charge < -0.3 is 18.9 Å². The van der Waals surface area contributed by atoms with Crippen LogP contribution >= 0.6 is 39.1 Å². The van der Waals surface area contributed by atoms with Crippen molar-refractivity contribution in [3.05, 3.63) is 26.9 Å². The van der Waals surface area contributed by atoms with E-state index >= 15 is 0 Å². The third-order valence-corrected chi connectivity index (χ3v) is 5.55. The van der Waals surface area contributed by atoms with E-state index < -0.39 is 42.4 Å². The van der Waals surface area contributed by atoms with Gasteiger partial charge in [0.25, 0.3) is 0 Å². The van der Waals surface area contributed by atoms with Crippen LogP contribution in [0.3, 0.4) is 0 Å². The van der Waals surface area contributed by atoms with Gasteiger partial charge in [0.15, 0.2) is 29.3 Å². The minimum atomic E-state index is -1.15. The first-order valence-corrected chi connectivity index (χ1v) is 10.3. The Morgan fingerprint density at radius 2 is 1.60 bits per heavy atom. The number of imidazole rings is 1. The monoisotopic (exact) mass is 522 g/mol. The zero-order valence-corrected chi connectivity index (χ0v) is 19.2. The predicted octanol–water partition coefficient (Wildman–Crippen LogP) is 3.43. The van der Waals surface area contributed by atoms with Crippen LogP contribution < -0.4 is 0 Å². The standard InChI is InChI=1S/C18H17BrCl2N2O7/c1-7(24)28-14-6-27-17(16(30-9(3)26)15(14)29-8(2)25)23-13-5-11(21)10(20)4-12(13)22-18(23)19/h4-5,14-17H,6H2,1-3H3/t14-,15+,16-,17+/m0/s1. The fourth-order valence-electron chi connectivity index (χ4n) is 3.25. The zero-order valence-electron chi connectivity index (χ0n) is 16.1. The van der Waals surface area contributed by atoms with Crippen LogP contribution in [0.15, 0.2) is 16.9 Å². The van der Waals surface area contributed by atoms with Gasteiger partial charge in [-0.15, -0.1) is 0 Å². The molecule has 0 aliphatic carbocycles. The highest BCUT2D eigenvalue weighted by molar-refractivity contribution is 9.10. The first-order chi connectivity index (χ1) is 14.1. The van der Waals surface area contributed by atoms with Crippen LogP contribution in [-0.4, -0.2) is 52.4 Å². The minimum absolute atomic E-state index is 0.118. The van der Waals surface area contributed by atoms with E-state index in [1.54, 1.807) is 16.7 Å². The lowest BCUT2D eigenvalue weighted by atomic mass is 10.0. The van der Waals surface area contributed by atoms with Crippen molar-refractivity contribution in [2.45, 2.75) is 45.3 Å². The summed E-state index contributed by atoms with van der Waals surface area (Å²) in [7, 11) is 0. The van der Waals surface area contributed by atoms with E-state index in [2.05, 4.69) is 20.9 Å². The lowest BCUT2D eigenvalue weighted by Crippen LogP contribution is -2.55. The van der Waals surface area contributed by atoms with Crippen LogP contribution in [0.2, 0.25) is 10.0 Å². The van der Waals surface area contributed by atoms with Crippen molar-refractivity contribution in [3.8, 4) is 0 Å². The van der Waals surface area contributed by atoms with Gasteiger partial charge in [-0.05, 0) is 28.1 Å². The normalized spacial score (nSPS) is 23.8. The number of hydrogen-bond donors (Lipinski definition) is 0. The Kier molecular flexibility index (Phi) is 6.91. The molecule has 1 aromatic heterocycles. The molecule has 0 bridgehead atoms. The van der Waals surface area contributed by atoms with E-state index in [0.717, 1.165) is 0 Å². The fourth-order valence-corrected chi connectivity index (χ4v) is 4.15. The molecule has 0 radical (unpaired) electrons. The molecule has 1 fully saturated rings. The van der Waals surface area contributed by atoms with E-state index in [9.17, 15) is 14.4 Å². The van der Waals surface area contributed by atoms with Gasteiger partial charge in [0.05, 0.1) is 27.7 Å². The highest BCUT2D eigenvalue weighted by Crippen LogP contribution is 2.37. The molecule has 1 aromatic carbocycles. The van der Waals surface area contributed by atoms with Crippen molar-refractivity contribution in [2.75, 3.05) is 6.61 Å². The second kappa shape index (κ2) is 9.09. The Morgan fingerprint density at radius 1 is 1.03 bits per heavy atom. The lowest BCUT2D eigenvalue weighted by Gasteiger charge is -2.41. The Bertz CT molecular complexity index is 1010. The summed E-state index contributed by atoms with van der Waals surface area (Å²) in [6, 6.07) is 3.17. The average molecular weight is 524 g/mol. The summed E-state index contributed by atoms with van der Waals surface area (Å²) in [5.74, 6) is -1.88. The molecule has 0 N–H and O–H groups in total. The maximum absolute atomic E-state index is 11.8. The molecule has 30 heavy (non-hydrogen) atoms. The number of hydrogen-bond acceptors (Lipinski definition) is 8. The van der Waals surface area contributed by atoms with Crippen LogP contribution in [0, 0.1) is 0 Å². The second-order valence-corrected chi connectivity index (χ2v) is 8.05. The van der Waals surface area contributed by atoms with Crippen LogP contribution in [0.25, 0.3) is 11.0 Å². The van der Waals surface area contributed by atoms with E-state index in [1.165, 1.54) is 20.8 Å². The molecule has 0 spiro atoms. The van der Waals surface area contributed by atoms with Crippen molar-refractivity contribution >= 4 is 68.1 Å². The molecule has 0 amide bonds. The first-order valence-electron chi connectivity index (χ1n) is 8.74. The number of carbonyl (C=O) groups excluding carboxylic acids is 3. The summed E-state index contributed by atoms with van der Waals surface area (Å²) in [6.07, 6.45) is -4.20. The number of carbonyl (C=O) groups is 3. The van der Waals surface area contributed by atoms with Crippen LogP contribution in [0.1, 0.15) is 27.0 Å². The highest BCUT2D eigenvalue weighted by Gasteiger charge is 2.48. The van der Waals surface area contributed by atoms with Crippen LogP contribution in [0.4, 0.5) is 0 Å². The summed E-state index contributed by atoms with van der Waals surface area (Å²) in [5, 5.41) is 0.599. The maximum atomic E-state index is 11.8. The van der Waals surface area contributed by atoms with Gasteiger partial charge >= 0.3 is 17.9 Å². The number of aromatic nitrogens is 2. The molecule has 2 aromatic rings. The third-order valence-electron chi connectivity index (χ3n) is 4.27. The second-order valence-electron chi connectivity index (χ2n) is 6.53. The number of fused-ring (bicyclic) bond motifs is 1. The SMILES string of the molecule is CC(=O)O[C@H]1[C@H](OC(C)=O)[C@H](n2c(Br)nc3cc(Cl)c(Cl)cc32)OC[C@@H]1OC(C)=O. The zero-order chi connectivity index (χ0) is 22.2. The summed E-state index contributed by atoms with van der Waals surface area (Å²) in [5.41, 5.74) is 1.04. The number of benzene rings is 1. The van der Waals surface area contributed by atoms with Gasteiger partial charge in [0, 0.05) is 20.8 Å². The van der Waals surface area contributed by atoms with Crippen molar-refractivity contribution in [3.63, 3.8) is 0 Å². The Morgan fingerprint density at radius 3 is 2.20 bits per heavy atom. The molecule has 4 atom stereocenters. The predicted molar refractivity (Wildman–Crippen MR) is 109 cm³/mol. The maximum Gasteiger partial charge on any atom is 0.303 e. The minimum Gasteiger partial charge on any atom is -0.456 e. The van der Waals surface area contributed by atoms with Crippen molar-refractivity contribution in [1.82, 2.24) is 9.55 Å². The smallest absolute Gasteiger partial charge is 0.303 e. The molecule has 1 aliphatic rings. The molecule has 12 heteroatoms. The third kappa shape index (κ3) is 4.72.